The number of nitrogens with one attached hydrogen (secondary N) is 1. The fourth-order valence-corrected chi connectivity index (χ4v) is 4.83. The lowest BCUT2D eigenvalue weighted by Gasteiger charge is -2.37. The summed E-state index contributed by atoms with van der Waals surface area (Å²) in [6, 6.07) is 6.49. The molecule has 3 saturated heterocycles. The summed E-state index contributed by atoms with van der Waals surface area (Å²) < 4.78 is 31.3. The van der Waals surface area contributed by atoms with Crippen LogP contribution in [0.5, 0.6) is 5.88 Å². The van der Waals surface area contributed by atoms with E-state index >= 15 is 0 Å². The summed E-state index contributed by atoms with van der Waals surface area (Å²) in [6.45, 7) is 7.02. The molecule has 5 rings (SSSR count). The Morgan fingerprint density at radius 2 is 2.00 bits per heavy atom. The van der Waals surface area contributed by atoms with Crippen molar-refractivity contribution in [1.29, 1.82) is 0 Å². The zero-order chi connectivity index (χ0) is 24.4. The molecule has 1 spiro atoms. The van der Waals surface area contributed by atoms with E-state index in [4.69, 9.17) is 14.2 Å². The molecule has 2 aromatic rings. The van der Waals surface area contributed by atoms with Gasteiger partial charge in [0.1, 0.15) is 18.2 Å². The van der Waals surface area contributed by atoms with Crippen LogP contribution in [0.1, 0.15) is 12.0 Å². The number of carbonyl (C=O) groups excluding carboxylic acids is 1. The number of hydrogen-bond acceptors (Lipinski definition) is 7. The Bertz CT molecular complexity index is 1090. The number of nitrogens with zero attached hydrogens (tertiary/aromatic N) is 3. The summed E-state index contributed by atoms with van der Waals surface area (Å²) in [5, 5.41) is 12.0. The van der Waals surface area contributed by atoms with Gasteiger partial charge in [-0.3, -0.25) is 0 Å². The van der Waals surface area contributed by atoms with Crippen molar-refractivity contribution in [2.24, 2.45) is 5.41 Å². The third kappa shape index (κ3) is 5.05. The normalized spacial score (nSPS) is 19.1. The van der Waals surface area contributed by atoms with E-state index in [1.165, 1.54) is 6.07 Å². The van der Waals surface area contributed by atoms with Crippen LogP contribution in [0, 0.1) is 18.2 Å². The number of urea groups is 1. The van der Waals surface area contributed by atoms with Crippen molar-refractivity contribution >= 4 is 17.5 Å². The maximum atomic E-state index is 14.9. The molecular weight excluding hydrogens is 455 g/mol. The molecule has 0 saturated carbocycles. The zero-order valence-electron chi connectivity index (χ0n) is 19.9. The van der Waals surface area contributed by atoms with E-state index in [2.05, 4.69) is 15.2 Å². The number of likely N-dealkylation sites (tertiary alicyclic amines) is 1. The fourth-order valence-electron chi connectivity index (χ4n) is 4.83. The molecule has 188 valence electrons. The topological polar surface area (TPSA) is 96.4 Å². The highest BCUT2D eigenvalue weighted by Gasteiger charge is 2.45. The molecule has 3 fully saturated rings. The molecule has 2 amide bonds. The van der Waals surface area contributed by atoms with Gasteiger partial charge in [0.2, 0.25) is 5.88 Å². The van der Waals surface area contributed by atoms with Crippen molar-refractivity contribution in [3.63, 3.8) is 0 Å². The summed E-state index contributed by atoms with van der Waals surface area (Å²) in [5.74, 6) is 0.607. The van der Waals surface area contributed by atoms with E-state index in [1.807, 2.05) is 13.0 Å². The van der Waals surface area contributed by atoms with Crippen LogP contribution < -0.4 is 15.0 Å². The SMILES string of the molecule is Cc1cc(F)c(NC(=O)N2CCC3(COC3)C2)cc1-c1cc(OCCO)nc(N2CCOCC2)c1. The molecule has 4 heterocycles. The van der Waals surface area contributed by atoms with Gasteiger partial charge in [0.25, 0.3) is 0 Å². The molecule has 0 bridgehead atoms. The predicted octanol–water partition coefficient (Wildman–Crippen LogP) is 2.66. The van der Waals surface area contributed by atoms with E-state index in [1.54, 1.807) is 17.0 Å². The Kier molecular flexibility index (Phi) is 6.77. The summed E-state index contributed by atoms with van der Waals surface area (Å²) in [7, 11) is 0. The molecule has 1 aromatic carbocycles. The number of pyridine rings is 1. The first-order valence-electron chi connectivity index (χ1n) is 12.0. The average Bonchev–Trinajstić information content (AvgIpc) is 3.32. The minimum absolute atomic E-state index is 0.0617. The second kappa shape index (κ2) is 9.96. The lowest BCUT2D eigenvalue weighted by atomic mass is 9.85. The average molecular weight is 487 g/mol. The maximum Gasteiger partial charge on any atom is 0.321 e. The Morgan fingerprint density at radius 1 is 1.20 bits per heavy atom. The number of aliphatic hydroxyl groups excluding tert-OH is 1. The Balaban J connectivity index is 1.42. The number of benzene rings is 1. The van der Waals surface area contributed by atoms with Crippen LogP contribution >= 0.6 is 0 Å². The lowest BCUT2D eigenvalue weighted by Crippen LogP contribution is -2.46. The van der Waals surface area contributed by atoms with Gasteiger partial charge in [-0.15, -0.1) is 0 Å². The highest BCUT2D eigenvalue weighted by atomic mass is 19.1. The van der Waals surface area contributed by atoms with Gasteiger partial charge in [-0.05, 0) is 48.2 Å². The molecule has 10 heteroatoms. The second-order valence-electron chi connectivity index (χ2n) is 9.47. The smallest absolute Gasteiger partial charge is 0.321 e. The standard InChI is InChI=1S/C25H31FN4O5/c1-17-10-20(26)21(27-24(32)30-3-2-25(14-30)15-34-16-25)13-19(17)18-11-22(29-4-7-33-8-5-29)28-23(12-18)35-9-6-31/h10-13,31H,2-9,14-16H2,1H3,(H,27,32). The molecule has 9 nitrogen and oxygen atoms in total. The van der Waals surface area contributed by atoms with Crippen molar-refractivity contribution in [3.05, 3.63) is 35.6 Å². The van der Waals surface area contributed by atoms with Crippen molar-refractivity contribution in [2.45, 2.75) is 13.3 Å². The monoisotopic (exact) mass is 486 g/mol. The summed E-state index contributed by atoms with van der Waals surface area (Å²) in [4.78, 5) is 21.3. The van der Waals surface area contributed by atoms with Gasteiger partial charge < -0.3 is 34.4 Å². The first-order chi connectivity index (χ1) is 17.0. The third-order valence-corrected chi connectivity index (χ3v) is 6.87. The van der Waals surface area contributed by atoms with E-state index in [-0.39, 0.29) is 30.3 Å². The molecule has 0 atom stereocenters. The molecule has 1 aromatic heterocycles. The predicted molar refractivity (Wildman–Crippen MR) is 128 cm³/mol. The highest BCUT2D eigenvalue weighted by molar-refractivity contribution is 5.91. The number of aryl methyl sites for hydroxylation is 1. The first-order valence-corrected chi connectivity index (χ1v) is 12.0. The van der Waals surface area contributed by atoms with Gasteiger partial charge in [0.15, 0.2) is 0 Å². The minimum Gasteiger partial charge on any atom is -0.475 e. The lowest BCUT2D eigenvalue weighted by molar-refractivity contribution is -0.103. The van der Waals surface area contributed by atoms with Crippen molar-refractivity contribution < 1.29 is 28.5 Å². The number of ether oxygens (including phenoxy) is 3. The molecule has 3 aliphatic heterocycles. The van der Waals surface area contributed by atoms with Crippen LogP contribution in [0.2, 0.25) is 0 Å². The van der Waals surface area contributed by atoms with Gasteiger partial charge in [-0.1, -0.05) is 0 Å². The van der Waals surface area contributed by atoms with E-state index < -0.39 is 5.82 Å². The van der Waals surface area contributed by atoms with Gasteiger partial charge in [-0.25, -0.2) is 9.18 Å². The fraction of sp³-hybridized carbons (Fsp3) is 0.520. The van der Waals surface area contributed by atoms with Gasteiger partial charge >= 0.3 is 6.03 Å². The Hall–Kier alpha value is -2.95. The summed E-state index contributed by atoms with van der Waals surface area (Å²) >= 11 is 0. The molecule has 35 heavy (non-hydrogen) atoms. The van der Waals surface area contributed by atoms with Crippen LogP contribution in [-0.2, 0) is 9.47 Å². The molecule has 0 aliphatic carbocycles. The van der Waals surface area contributed by atoms with Crippen LogP contribution in [0.25, 0.3) is 11.1 Å². The van der Waals surface area contributed by atoms with Crippen LogP contribution in [-0.4, -0.2) is 86.8 Å². The van der Waals surface area contributed by atoms with Crippen molar-refractivity contribution in [1.82, 2.24) is 9.88 Å². The Morgan fingerprint density at radius 3 is 2.69 bits per heavy atom. The highest BCUT2D eigenvalue weighted by Crippen LogP contribution is 2.38. The van der Waals surface area contributed by atoms with Crippen molar-refractivity contribution in [2.75, 3.05) is 76.0 Å². The largest absolute Gasteiger partial charge is 0.475 e. The number of aromatic nitrogens is 1. The van der Waals surface area contributed by atoms with Crippen LogP contribution in [0.15, 0.2) is 24.3 Å². The number of morpholine rings is 1. The van der Waals surface area contributed by atoms with E-state index in [0.717, 1.165) is 28.9 Å². The summed E-state index contributed by atoms with van der Waals surface area (Å²) in [5.41, 5.74) is 2.46. The number of carbonyl (C=O) groups is 1. The molecule has 0 radical (unpaired) electrons. The number of rotatable bonds is 6. The summed E-state index contributed by atoms with van der Waals surface area (Å²) in [6.07, 6.45) is 0.903. The number of aliphatic hydroxyl groups is 1. The molecule has 2 N–H and O–H groups in total. The first kappa shape index (κ1) is 23.8. The molecule has 0 unspecified atom stereocenters. The number of halogens is 1. The van der Waals surface area contributed by atoms with Crippen LogP contribution in [0.3, 0.4) is 0 Å². The minimum atomic E-state index is -0.486. The molecule has 3 aliphatic rings. The quantitative estimate of drug-likeness (QED) is 0.648. The number of amides is 2. The Labute approximate surface area is 203 Å². The maximum absolute atomic E-state index is 14.9. The van der Waals surface area contributed by atoms with Crippen molar-refractivity contribution in [3.8, 4) is 17.0 Å². The van der Waals surface area contributed by atoms with Crippen LogP contribution in [0.4, 0.5) is 20.7 Å². The van der Waals surface area contributed by atoms with E-state index in [9.17, 15) is 14.3 Å². The second-order valence-corrected chi connectivity index (χ2v) is 9.47. The van der Waals surface area contributed by atoms with Gasteiger partial charge in [-0.2, -0.15) is 4.98 Å². The molecular formula is C25H31FN4O5. The van der Waals surface area contributed by atoms with Gasteiger partial charge in [0, 0.05) is 37.7 Å². The number of hydrogen-bond donors (Lipinski definition) is 2. The third-order valence-electron chi connectivity index (χ3n) is 6.87. The van der Waals surface area contributed by atoms with E-state index in [0.29, 0.717) is 58.5 Å². The number of anilines is 2. The zero-order valence-corrected chi connectivity index (χ0v) is 19.9. The van der Waals surface area contributed by atoms with Gasteiger partial charge in [0.05, 0.1) is 38.7 Å².